The van der Waals surface area contributed by atoms with Crippen LogP contribution in [0.15, 0.2) is 51.7 Å². The van der Waals surface area contributed by atoms with Crippen LogP contribution in [0.25, 0.3) is 11.0 Å². The molecule has 0 radical (unpaired) electrons. The number of hydrogen-bond acceptors (Lipinski definition) is 3. The van der Waals surface area contributed by atoms with E-state index in [2.05, 4.69) is 0 Å². The lowest BCUT2D eigenvalue weighted by atomic mass is 10.0. The largest absolute Gasteiger partial charge is 0.488 e. The molecule has 3 nitrogen and oxygen atoms in total. The van der Waals surface area contributed by atoms with Gasteiger partial charge in [0.1, 0.15) is 17.9 Å². The van der Waals surface area contributed by atoms with E-state index in [1.165, 1.54) is 0 Å². The van der Waals surface area contributed by atoms with Crippen molar-refractivity contribution >= 4 is 22.6 Å². The van der Waals surface area contributed by atoms with Gasteiger partial charge in [0.2, 0.25) is 0 Å². The van der Waals surface area contributed by atoms with E-state index >= 15 is 0 Å². The monoisotopic (exact) mass is 328 g/mol. The highest BCUT2D eigenvalue weighted by Crippen LogP contribution is 2.29. The lowest BCUT2D eigenvalue weighted by Gasteiger charge is -2.12. The standard InChI is InChI=1S/C19H17ClO3/c1-3-14-10-18(21)23-19-12(2)17(9-8-16(14)19)22-11-13-4-6-15(20)7-5-13/h4-10H,3,11H2,1-2H3. The Kier molecular flexibility index (Phi) is 4.39. The third-order valence-electron chi connectivity index (χ3n) is 3.89. The summed E-state index contributed by atoms with van der Waals surface area (Å²) in [6, 6.07) is 12.9. The van der Waals surface area contributed by atoms with E-state index in [4.69, 9.17) is 20.8 Å². The van der Waals surface area contributed by atoms with Crippen LogP contribution in [0.4, 0.5) is 0 Å². The molecule has 0 aliphatic heterocycles. The predicted molar refractivity (Wildman–Crippen MR) is 92.4 cm³/mol. The zero-order valence-electron chi connectivity index (χ0n) is 13.1. The van der Waals surface area contributed by atoms with E-state index in [-0.39, 0.29) is 5.63 Å². The van der Waals surface area contributed by atoms with Crippen molar-refractivity contribution in [3.05, 3.63) is 74.6 Å². The molecule has 0 amide bonds. The summed E-state index contributed by atoms with van der Waals surface area (Å²) in [7, 11) is 0. The number of benzene rings is 2. The van der Waals surface area contributed by atoms with Crippen molar-refractivity contribution < 1.29 is 9.15 Å². The van der Waals surface area contributed by atoms with Crippen LogP contribution in [0.3, 0.4) is 0 Å². The Bertz CT molecular complexity index is 895. The van der Waals surface area contributed by atoms with Gasteiger partial charge >= 0.3 is 5.63 Å². The quantitative estimate of drug-likeness (QED) is 0.640. The smallest absolute Gasteiger partial charge is 0.336 e. The van der Waals surface area contributed by atoms with Crippen LogP contribution in [0.1, 0.15) is 23.6 Å². The normalized spacial score (nSPS) is 10.9. The summed E-state index contributed by atoms with van der Waals surface area (Å²) in [4.78, 5) is 11.7. The molecule has 0 atom stereocenters. The average Bonchev–Trinajstić information content (AvgIpc) is 2.55. The number of hydrogen-bond donors (Lipinski definition) is 0. The third kappa shape index (κ3) is 3.25. The summed E-state index contributed by atoms with van der Waals surface area (Å²) in [6.07, 6.45) is 0.784. The maximum atomic E-state index is 11.7. The number of rotatable bonds is 4. The van der Waals surface area contributed by atoms with Gasteiger partial charge < -0.3 is 9.15 Å². The van der Waals surface area contributed by atoms with E-state index < -0.39 is 0 Å². The van der Waals surface area contributed by atoms with Gasteiger partial charge in [-0.15, -0.1) is 0 Å². The Morgan fingerprint density at radius 1 is 1.13 bits per heavy atom. The Morgan fingerprint density at radius 3 is 2.57 bits per heavy atom. The van der Waals surface area contributed by atoms with Crippen LogP contribution in [0, 0.1) is 6.92 Å². The van der Waals surface area contributed by atoms with Crippen LogP contribution in [-0.4, -0.2) is 0 Å². The van der Waals surface area contributed by atoms with E-state index in [1.807, 2.05) is 50.2 Å². The van der Waals surface area contributed by atoms with E-state index in [0.717, 1.165) is 28.5 Å². The summed E-state index contributed by atoms with van der Waals surface area (Å²) in [6.45, 7) is 4.36. The summed E-state index contributed by atoms with van der Waals surface area (Å²) >= 11 is 5.88. The predicted octanol–water partition coefficient (Wildman–Crippen LogP) is 4.90. The molecule has 0 aliphatic carbocycles. The Balaban J connectivity index is 1.94. The molecule has 23 heavy (non-hydrogen) atoms. The molecule has 0 saturated heterocycles. The molecule has 4 heteroatoms. The Hall–Kier alpha value is -2.26. The van der Waals surface area contributed by atoms with Gasteiger partial charge in [0, 0.05) is 22.0 Å². The number of halogens is 1. The molecular weight excluding hydrogens is 312 g/mol. The van der Waals surface area contributed by atoms with Crippen LogP contribution in [-0.2, 0) is 13.0 Å². The zero-order chi connectivity index (χ0) is 16.4. The van der Waals surface area contributed by atoms with Gasteiger partial charge in [-0.05, 0) is 48.7 Å². The van der Waals surface area contributed by atoms with Crippen molar-refractivity contribution in [2.24, 2.45) is 0 Å². The lowest BCUT2D eigenvalue weighted by molar-refractivity contribution is 0.304. The van der Waals surface area contributed by atoms with Gasteiger partial charge in [-0.1, -0.05) is 30.7 Å². The van der Waals surface area contributed by atoms with E-state index in [9.17, 15) is 4.79 Å². The highest BCUT2D eigenvalue weighted by Gasteiger charge is 2.11. The Labute approximate surface area is 139 Å². The topological polar surface area (TPSA) is 39.4 Å². The number of aryl methyl sites for hydroxylation is 2. The molecule has 3 aromatic rings. The molecule has 0 N–H and O–H groups in total. The molecule has 0 spiro atoms. The van der Waals surface area contributed by atoms with Gasteiger partial charge in [-0.25, -0.2) is 4.79 Å². The second-order valence-corrected chi connectivity index (χ2v) is 5.86. The highest BCUT2D eigenvalue weighted by molar-refractivity contribution is 6.30. The second-order valence-electron chi connectivity index (χ2n) is 5.42. The minimum atomic E-state index is -0.327. The van der Waals surface area contributed by atoms with Crippen LogP contribution >= 0.6 is 11.6 Å². The van der Waals surface area contributed by atoms with E-state index in [1.54, 1.807) is 6.07 Å². The summed E-state index contributed by atoms with van der Waals surface area (Å²) in [5, 5.41) is 1.66. The van der Waals surface area contributed by atoms with Crippen molar-refractivity contribution in [2.45, 2.75) is 26.9 Å². The van der Waals surface area contributed by atoms with Crippen molar-refractivity contribution in [3.8, 4) is 5.75 Å². The molecule has 3 rings (SSSR count). The van der Waals surface area contributed by atoms with Crippen LogP contribution in [0.5, 0.6) is 5.75 Å². The lowest BCUT2D eigenvalue weighted by Crippen LogP contribution is -2.02. The maximum Gasteiger partial charge on any atom is 0.336 e. The first-order chi connectivity index (χ1) is 11.1. The summed E-state index contributed by atoms with van der Waals surface area (Å²) < 4.78 is 11.3. The van der Waals surface area contributed by atoms with Gasteiger partial charge in [0.05, 0.1) is 0 Å². The molecule has 0 aliphatic rings. The summed E-state index contributed by atoms with van der Waals surface area (Å²) in [5.41, 5.74) is 3.13. The molecule has 0 bridgehead atoms. The van der Waals surface area contributed by atoms with Crippen molar-refractivity contribution in [3.63, 3.8) is 0 Å². The summed E-state index contributed by atoms with van der Waals surface area (Å²) in [5.74, 6) is 0.712. The van der Waals surface area contributed by atoms with E-state index in [0.29, 0.717) is 23.0 Å². The molecule has 1 aromatic heterocycles. The fourth-order valence-electron chi connectivity index (χ4n) is 2.60. The second kappa shape index (κ2) is 6.47. The zero-order valence-corrected chi connectivity index (χ0v) is 13.8. The number of ether oxygens (including phenoxy) is 1. The molecule has 0 fully saturated rings. The first kappa shape index (κ1) is 15.6. The molecular formula is C19H17ClO3. The van der Waals surface area contributed by atoms with Crippen molar-refractivity contribution in [1.82, 2.24) is 0 Å². The molecule has 118 valence electrons. The molecule has 0 saturated carbocycles. The highest BCUT2D eigenvalue weighted by atomic mass is 35.5. The van der Waals surface area contributed by atoms with Gasteiger partial charge in [-0.2, -0.15) is 0 Å². The average molecular weight is 329 g/mol. The first-order valence-corrected chi connectivity index (χ1v) is 7.90. The first-order valence-electron chi connectivity index (χ1n) is 7.52. The molecule has 0 unspecified atom stereocenters. The SMILES string of the molecule is CCc1cc(=O)oc2c(C)c(OCc3ccc(Cl)cc3)ccc12. The van der Waals surface area contributed by atoms with Crippen molar-refractivity contribution in [2.75, 3.05) is 0 Å². The minimum Gasteiger partial charge on any atom is -0.488 e. The molecule has 2 aromatic carbocycles. The third-order valence-corrected chi connectivity index (χ3v) is 4.14. The fourth-order valence-corrected chi connectivity index (χ4v) is 2.72. The van der Waals surface area contributed by atoms with Crippen molar-refractivity contribution in [1.29, 1.82) is 0 Å². The fraction of sp³-hybridized carbons (Fsp3) is 0.211. The van der Waals surface area contributed by atoms with Gasteiger partial charge in [0.15, 0.2) is 0 Å². The number of fused-ring (bicyclic) bond motifs is 1. The van der Waals surface area contributed by atoms with Gasteiger partial charge in [-0.3, -0.25) is 0 Å². The maximum absolute atomic E-state index is 11.7. The Morgan fingerprint density at radius 2 is 1.87 bits per heavy atom. The minimum absolute atomic E-state index is 0.327. The van der Waals surface area contributed by atoms with Crippen LogP contribution < -0.4 is 10.4 Å². The molecule has 1 heterocycles. The van der Waals surface area contributed by atoms with Crippen LogP contribution in [0.2, 0.25) is 5.02 Å². The van der Waals surface area contributed by atoms with Gasteiger partial charge in [0.25, 0.3) is 0 Å².